The summed E-state index contributed by atoms with van der Waals surface area (Å²) in [5.41, 5.74) is 13.3. The Kier molecular flexibility index (Phi) is 2.25. The lowest BCUT2D eigenvalue weighted by Gasteiger charge is -1.99. The summed E-state index contributed by atoms with van der Waals surface area (Å²) in [5, 5.41) is 0. The van der Waals surface area contributed by atoms with Crippen molar-refractivity contribution in [1.29, 1.82) is 0 Å². The molecule has 0 unspecified atom stereocenters. The molecule has 0 aromatic carbocycles. The predicted octanol–water partition coefficient (Wildman–Crippen LogP) is 4.63. The molecule has 0 fully saturated rings. The van der Waals surface area contributed by atoms with Gasteiger partial charge in [0, 0.05) is 34.8 Å². The molecule has 0 radical (unpaired) electrons. The van der Waals surface area contributed by atoms with Crippen LogP contribution in [0, 0.1) is 27.7 Å². The molecule has 2 nitrogen and oxygen atoms in total. The number of nitrogens with zero attached hydrogens (tertiary/aromatic N) is 2. The van der Waals surface area contributed by atoms with Gasteiger partial charge in [0.2, 0.25) is 16.7 Å². The second-order valence-electron chi connectivity index (χ2n) is 6.68. The molecule has 5 heterocycles. The SMILES string of the molecule is Cc1c2cc3c(C)c(C)c4cccc(c5cccc(c1C)[n+]5-2)n43. The highest BCUT2D eigenvalue weighted by Crippen LogP contribution is 2.31. The summed E-state index contributed by atoms with van der Waals surface area (Å²) in [6.45, 7) is 8.93. The van der Waals surface area contributed by atoms with Crippen LogP contribution in [0.2, 0.25) is 0 Å². The van der Waals surface area contributed by atoms with E-state index in [9.17, 15) is 0 Å². The molecule has 112 valence electrons. The van der Waals surface area contributed by atoms with Gasteiger partial charge in [0.15, 0.2) is 0 Å². The van der Waals surface area contributed by atoms with Crippen LogP contribution in [0.5, 0.6) is 0 Å². The van der Waals surface area contributed by atoms with Crippen molar-refractivity contribution in [2.24, 2.45) is 0 Å². The summed E-state index contributed by atoms with van der Waals surface area (Å²) in [7, 11) is 0. The molecule has 3 aromatic heterocycles. The van der Waals surface area contributed by atoms with Gasteiger partial charge in [-0.2, -0.15) is 4.57 Å². The molecule has 2 heteroatoms. The van der Waals surface area contributed by atoms with Crippen molar-refractivity contribution in [1.82, 2.24) is 4.40 Å². The maximum atomic E-state index is 2.42. The van der Waals surface area contributed by atoms with Crippen molar-refractivity contribution < 1.29 is 4.57 Å². The fraction of sp³-hybridized carbons (Fsp3) is 0.190. The van der Waals surface area contributed by atoms with E-state index in [2.05, 4.69) is 79.1 Å². The molecule has 0 atom stereocenters. The van der Waals surface area contributed by atoms with E-state index in [-0.39, 0.29) is 0 Å². The Labute approximate surface area is 135 Å². The van der Waals surface area contributed by atoms with Crippen LogP contribution in [-0.4, -0.2) is 4.40 Å². The summed E-state index contributed by atoms with van der Waals surface area (Å²) in [4.78, 5) is 0. The third-order valence-electron chi connectivity index (χ3n) is 5.66. The van der Waals surface area contributed by atoms with Crippen molar-refractivity contribution in [3.63, 3.8) is 0 Å². The van der Waals surface area contributed by atoms with E-state index in [1.54, 1.807) is 0 Å². The molecule has 3 aromatic rings. The van der Waals surface area contributed by atoms with Gasteiger partial charge in [-0.25, -0.2) is 0 Å². The summed E-state index contributed by atoms with van der Waals surface area (Å²) in [6, 6.07) is 15.6. The van der Waals surface area contributed by atoms with Crippen molar-refractivity contribution in [3.05, 3.63) is 64.7 Å². The van der Waals surface area contributed by atoms with Gasteiger partial charge in [0.1, 0.15) is 5.52 Å². The lowest BCUT2D eigenvalue weighted by atomic mass is 10.1. The van der Waals surface area contributed by atoms with Crippen molar-refractivity contribution in [3.8, 4) is 5.69 Å². The Morgan fingerprint density at radius 1 is 0.652 bits per heavy atom. The van der Waals surface area contributed by atoms with Crippen LogP contribution in [-0.2, 0) is 0 Å². The number of pyridine rings is 2. The largest absolute Gasteiger partial charge is 0.304 e. The van der Waals surface area contributed by atoms with Gasteiger partial charge in [-0.3, -0.25) is 0 Å². The van der Waals surface area contributed by atoms with E-state index in [4.69, 9.17) is 0 Å². The Bertz CT molecular complexity index is 1190. The first-order chi connectivity index (χ1) is 11.1. The van der Waals surface area contributed by atoms with Crippen LogP contribution in [0.1, 0.15) is 22.3 Å². The van der Waals surface area contributed by atoms with E-state index >= 15 is 0 Å². The summed E-state index contributed by atoms with van der Waals surface area (Å²) >= 11 is 0. The number of hydrogen-bond acceptors (Lipinski definition) is 0. The Balaban J connectivity index is 2.25. The van der Waals surface area contributed by atoms with Crippen molar-refractivity contribution >= 4 is 27.6 Å². The highest BCUT2D eigenvalue weighted by Gasteiger charge is 2.28. The smallest absolute Gasteiger partial charge is 0.235 e. The highest BCUT2D eigenvalue weighted by atomic mass is 15.0. The normalized spacial score (nSPS) is 12.3. The van der Waals surface area contributed by atoms with Gasteiger partial charge >= 0.3 is 0 Å². The van der Waals surface area contributed by atoms with Gasteiger partial charge in [-0.1, -0.05) is 6.07 Å². The van der Waals surface area contributed by atoms with Gasteiger partial charge in [0.25, 0.3) is 0 Å². The Morgan fingerprint density at radius 3 is 2.13 bits per heavy atom. The van der Waals surface area contributed by atoms with Crippen LogP contribution in [0.15, 0.2) is 42.5 Å². The zero-order valence-electron chi connectivity index (χ0n) is 13.9. The minimum atomic E-state index is 1.27. The minimum absolute atomic E-state index is 1.27. The van der Waals surface area contributed by atoms with E-state index in [0.29, 0.717) is 0 Å². The number of hydrogen-bond donors (Lipinski definition) is 0. The topological polar surface area (TPSA) is 8.29 Å². The summed E-state index contributed by atoms with van der Waals surface area (Å²) < 4.78 is 4.84. The fourth-order valence-electron chi connectivity index (χ4n) is 4.10. The van der Waals surface area contributed by atoms with E-state index in [1.165, 1.54) is 55.5 Å². The molecule has 2 aliphatic rings. The highest BCUT2D eigenvalue weighted by molar-refractivity contribution is 5.86. The Morgan fingerprint density at radius 2 is 1.30 bits per heavy atom. The van der Waals surface area contributed by atoms with Crippen molar-refractivity contribution in [2.75, 3.05) is 0 Å². The maximum absolute atomic E-state index is 2.42. The molecule has 0 aliphatic carbocycles. The number of aryl methyl sites for hydroxylation is 3. The molecular formula is C21H19N2+. The van der Waals surface area contributed by atoms with Gasteiger partial charge < -0.3 is 4.40 Å². The average Bonchev–Trinajstić information content (AvgIpc) is 2.88. The second kappa shape index (κ2) is 4.02. The minimum Gasteiger partial charge on any atom is -0.304 e. The first-order valence-corrected chi connectivity index (χ1v) is 8.16. The third-order valence-corrected chi connectivity index (χ3v) is 5.66. The monoisotopic (exact) mass is 299 g/mol. The standard InChI is InChI=1S/C21H19N2/c1-12-14(3)20-11-21-15(4)13(2)17-8-6-10-19(23(17)21)18-9-5-7-16(12)22(18)20/h5-11H,1-4H3/q+1. The zero-order valence-corrected chi connectivity index (χ0v) is 13.9. The van der Waals surface area contributed by atoms with Crippen molar-refractivity contribution in [2.45, 2.75) is 27.7 Å². The van der Waals surface area contributed by atoms with E-state index < -0.39 is 0 Å². The quantitative estimate of drug-likeness (QED) is 0.368. The number of rotatable bonds is 0. The molecule has 0 saturated carbocycles. The van der Waals surface area contributed by atoms with Crippen LogP contribution in [0.4, 0.5) is 0 Å². The number of aromatic nitrogens is 2. The van der Waals surface area contributed by atoms with Crippen LogP contribution < -0.4 is 4.57 Å². The third kappa shape index (κ3) is 1.37. The second-order valence-corrected chi connectivity index (χ2v) is 6.68. The molecule has 23 heavy (non-hydrogen) atoms. The molecule has 5 rings (SSSR count). The first-order valence-electron chi connectivity index (χ1n) is 8.16. The van der Waals surface area contributed by atoms with Crippen LogP contribution >= 0.6 is 0 Å². The Hall–Kier alpha value is -2.61. The van der Waals surface area contributed by atoms with E-state index in [1.807, 2.05) is 0 Å². The van der Waals surface area contributed by atoms with Gasteiger partial charge in [-0.05, 0) is 57.0 Å². The fourth-order valence-corrected chi connectivity index (χ4v) is 4.10. The molecule has 0 saturated heterocycles. The van der Waals surface area contributed by atoms with Gasteiger partial charge in [0.05, 0.1) is 5.52 Å². The summed E-state index contributed by atoms with van der Waals surface area (Å²) in [5.74, 6) is 0. The number of fused-ring (bicyclic) bond motifs is 1. The van der Waals surface area contributed by atoms with E-state index in [0.717, 1.165) is 0 Å². The average molecular weight is 299 g/mol. The molecule has 0 N–H and O–H groups in total. The molecule has 0 amide bonds. The lowest BCUT2D eigenvalue weighted by molar-refractivity contribution is -0.536. The van der Waals surface area contributed by atoms with Crippen LogP contribution in [0.25, 0.3) is 33.3 Å². The molecule has 0 bridgehead atoms. The zero-order chi connectivity index (χ0) is 15.9. The van der Waals surface area contributed by atoms with Crippen LogP contribution in [0.3, 0.4) is 0 Å². The maximum Gasteiger partial charge on any atom is 0.235 e. The summed E-state index contributed by atoms with van der Waals surface area (Å²) in [6.07, 6.45) is 0. The molecule has 2 aliphatic heterocycles. The molecule has 0 spiro atoms. The van der Waals surface area contributed by atoms with Gasteiger partial charge in [-0.15, -0.1) is 0 Å². The first kappa shape index (κ1) is 12.9. The predicted molar refractivity (Wildman–Crippen MR) is 95.3 cm³/mol. The molecular weight excluding hydrogens is 280 g/mol. The lowest BCUT2D eigenvalue weighted by Crippen LogP contribution is -2.29.